The number of aromatic amines is 1. The Hall–Kier alpha value is -2.29. The van der Waals surface area contributed by atoms with Gasteiger partial charge < -0.3 is 10.1 Å². The van der Waals surface area contributed by atoms with E-state index in [9.17, 15) is 8.42 Å². The van der Waals surface area contributed by atoms with Crippen LogP contribution in [0.4, 0.5) is 11.9 Å². The number of hydrogen-bond acceptors (Lipinski definition) is 6. The quantitative estimate of drug-likeness (QED) is 0.743. The predicted molar refractivity (Wildman–Crippen MR) is 82.4 cm³/mol. The Balaban J connectivity index is 1.68. The number of para-hydroxylation sites is 1. The Kier molecular flexibility index (Phi) is 3.88. The summed E-state index contributed by atoms with van der Waals surface area (Å²) in [5.74, 6) is 1.29. The molecule has 1 aliphatic heterocycles. The fraction of sp³-hybridized carbons (Fsp3) is 0.385. The minimum Gasteiger partial charge on any atom is -0.491 e. The molecule has 1 aromatic carbocycles. The van der Waals surface area contributed by atoms with Crippen LogP contribution in [0.2, 0.25) is 0 Å². The number of nitrogens with zero attached hydrogens (tertiary/aromatic N) is 2. The SMILES string of the molecule is CCCS(=O)(=O)Nc1nc(NC2COc3ccccc32)n[nH]1. The second kappa shape index (κ2) is 5.84. The van der Waals surface area contributed by atoms with E-state index in [1.54, 1.807) is 6.92 Å². The molecule has 22 heavy (non-hydrogen) atoms. The third kappa shape index (κ3) is 3.14. The number of aromatic nitrogens is 3. The summed E-state index contributed by atoms with van der Waals surface area (Å²) in [6, 6.07) is 7.66. The van der Waals surface area contributed by atoms with Gasteiger partial charge in [-0.2, -0.15) is 4.98 Å². The van der Waals surface area contributed by atoms with Crippen LogP contribution in [0.3, 0.4) is 0 Å². The van der Waals surface area contributed by atoms with Crippen molar-refractivity contribution in [1.82, 2.24) is 15.2 Å². The molecule has 0 radical (unpaired) electrons. The summed E-state index contributed by atoms with van der Waals surface area (Å²) in [5, 5.41) is 9.65. The van der Waals surface area contributed by atoms with Crippen LogP contribution in [0.5, 0.6) is 5.75 Å². The molecule has 0 fully saturated rings. The summed E-state index contributed by atoms with van der Waals surface area (Å²) in [4.78, 5) is 4.09. The van der Waals surface area contributed by atoms with Crippen LogP contribution in [0.15, 0.2) is 24.3 Å². The molecular formula is C13H17N5O3S. The highest BCUT2D eigenvalue weighted by Gasteiger charge is 2.24. The summed E-state index contributed by atoms with van der Waals surface area (Å²) in [6.45, 7) is 2.27. The Morgan fingerprint density at radius 1 is 1.41 bits per heavy atom. The molecule has 8 nitrogen and oxygen atoms in total. The summed E-state index contributed by atoms with van der Waals surface area (Å²) in [7, 11) is -3.38. The van der Waals surface area contributed by atoms with Crippen molar-refractivity contribution >= 4 is 21.9 Å². The first-order valence-electron chi connectivity index (χ1n) is 6.98. The lowest BCUT2D eigenvalue weighted by molar-refractivity contribution is 0.339. The van der Waals surface area contributed by atoms with Crippen LogP contribution in [0.25, 0.3) is 0 Å². The number of H-pyrrole nitrogens is 1. The number of hydrogen-bond donors (Lipinski definition) is 3. The minimum atomic E-state index is -3.38. The molecule has 3 N–H and O–H groups in total. The summed E-state index contributed by atoms with van der Waals surface area (Å²) in [6.07, 6.45) is 0.533. The van der Waals surface area contributed by atoms with Gasteiger partial charge in [0.25, 0.3) is 0 Å². The normalized spacial score (nSPS) is 16.9. The van der Waals surface area contributed by atoms with E-state index < -0.39 is 10.0 Å². The van der Waals surface area contributed by atoms with Gasteiger partial charge in [-0.05, 0) is 12.5 Å². The third-order valence-electron chi connectivity index (χ3n) is 3.21. The van der Waals surface area contributed by atoms with E-state index in [4.69, 9.17) is 4.74 Å². The van der Waals surface area contributed by atoms with E-state index in [2.05, 4.69) is 25.2 Å². The zero-order valence-corrected chi connectivity index (χ0v) is 12.9. The average molecular weight is 323 g/mol. The van der Waals surface area contributed by atoms with Crippen molar-refractivity contribution in [3.63, 3.8) is 0 Å². The van der Waals surface area contributed by atoms with Gasteiger partial charge in [0.05, 0.1) is 11.8 Å². The molecule has 0 aliphatic carbocycles. The molecule has 118 valence electrons. The Morgan fingerprint density at radius 3 is 3.05 bits per heavy atom. The number of anilines is 2. The molecular weight excluding hydrogens is 306 g/mol. The van der Waals surface area contributed by atoms with E-state index in [-0.39, 0.29) is 17.7 Å². The van der Waals surface area contributed by atoms with Gasteiger partial charge in [-0.25, -0.2) is 13.5 Å². The first-order valence-corrected chi connectivity index (χ1v) is 8.64. The fourth-order valence-corrected chi connectivity index (χ4v) is 3.30. The van der Waals surface area contributed by atoms with Crippen molar-refractivity contribution in [1.29, 1.82) is 0 Å². The van der Waals surface area contributed by atoms with Crippen molar-refractivity contribution in [2.75, 3.05) is 22.4 Å². The van der Waals surface area contributed by atoms with Gasteiger partial charge in [0, 0.05) is 5.56 Å². The van der Waals surface area contributed by atoms with Gasteiger partial charge in [0.1, 0.15) is 12.4 Å². The van der Waals surface area contributed by atoms with Crippen molar-refractivity contribution in [3.05, 3.63) is 29.8 Å². The minimum absolute atomic E-state index is 0.0420. The maximum absolute atomic E-state index is 11.7. The highest BCUT2D eigenvalue weighted by Crippen LogP contribution is 2.33. The number of rotatable bonds is 6. The smallest absolute Gasteiger partial charge is 0.244 e. The number of sulfonamides is 1. The molecule has 0 spiro atoms. The number of ether oxygens (including phenoxy) is 1. The first kappa shape index (κ1) is 14.6. The molecule has 0 saturated carbocycles. The number of nitrogens with one attached hydrogen (secondary N) is 3. The molecule has 0 amide bonds. The molecule has 9 heteroatoms. The van der Waals surface area contributed by atoms with Gasteiger partial charge in [-0.3, -0.25) is 4.72 Å². The van der Waals surface area contributed by atoms with Crippen molar-refractivity contribution < 1.29 is 13.2 Å². The van der Waals surface area contributed by atoms with Crippen LogP contribution >= 0.6 is 0 Å². The lowest BCUT2D eigenvalue weighted by Gasteiger charge is -2.08. The Morgan fingerprint density at radius 2 is 2.23 bits per heavy atom. The standard InChI is InChI=1S/C13H17N5O3S/c1-2-7-22(19,20)18-13-15-12(16-17-13)14-10-8-21-11-6-4-3-5-9(10)11/h3-6,10H,2,7-8H2,1H3,(H3,14,15,16,17,18). The zero-order valence-electron chi connectivity index (χ0n) is 12.0. The summed E-state index contributed by atoms with van der Waals surface area (Å²) < 4.78 is 31.3. The number of fused-ring (bicyclic) bond motifs is 1. The van der Waals surface area contributed by atoms with Crippen LogP contribution in [0.1, 0.15) is 24.9 Å². The molecule has 0 saturated heterocycles. The molecule has 1 aliphatic rings. The maximum atomic E-state index is 11.7. The van der Waals surface area contributed by atoms with E-state index in [1.165, 1.54) is 0 Å². The third-order valence-corrected chi connectivity index (χ3v) is 4.66. The molecule has 1 aromatic heterocycles. The average Bonchev–Trinajstić information content (AvgIpc) is 3.07. The monoisotopic (exact) mass is 323 g/mol. The van der Waals surface area contributed by atoms with E-state index in [0.29, 0.717) is 19.0 Å². The molecule has 3 rings (SSSR count). The summed E-state index contributed by atoms with van der Waals surface area (Å²) >= 11 is 0. The Labute approximate surface area is 128 Å². The van der Waals surface area contributed by atoms with Crippen molar-refractivity contribution in [2.45, 2.75) is 19.4 Å². The molecule has 2 aromatic rings. The van der Waals surface area contributed by atoms with Crippen LogP contribution in [0, 0.1) is 0 Å². The lowest BCUT2D eigenvalue weighted by atomic mass is 10.1. The van der Waals surface area contributed by atoms with E-state index in [1.807, 2.05) is 24.3 Å². The second-order valence-corrected chi connectivity index (χ2v) is 6.82. The lowest BCUT2D eigenvalue weighted by Crippen LogP contribution is -2.17. The van der Waals surface area contributed by atoms with E-state index >= 15 is 0 Å². The van der Waals surface area contributed by atoms with Crippen molar-refractivity contribution in [2.24, 2.45) is 0 Å². The summed E-state index contributed by atoms with van der Waals surface area (Å²) in [5.41, 5.74) is 1.03. The second-order valence-electron chi connectivity index (χ2n) is 4.97. The van der Waals surface area contributed by atoms with Gasteiger partial charge >= 0.3 is 0 Å². The van der Waals surface area contributed by atoms with Crippen LogP contribution < -0.4 is 14.8 Å². The number of benzene rings is 1. The molecule has 0 bridgehead atoms. The highest BCUT2D eigenvalue weighted by atomic mass is 32.2. The van der Waals surface area contributed by atoms with Gasteiger partial charge in [-0.1, -0.05) is 25.1 Å². The van der Waals surface area contributed by atoms with E-state index in [0.717, 1.165) is 11.3 Å². The zero-order chi connectivity index (χ0) is 15.6. The van der Waals surface area contributed by atoms with Gasteiger partial charge in [-0.15, -0.1) is 5.10 Å². The molecule has 2 heterocycles. The predicted octanol–water partition coefficient (Wildman–Crippen LogP) is 1.50. The van der Waals surface area contributed by atoms with Gasteiger partial charge in [0.15, 0.2) is 0 Å². The highest BCUT2D eigenvalue weighted by molar-refractivity contribution is 7.92. The van der Waals surface area contributed by atoms with Crippen molar-refractivity contribution in [3.8, 4) is 5.75 Å². The molecule has 1 atom stereocenters. The largest absolute Gasteiger partial charge is 0.491 e. The topological polar surface area (TPSA) is 109 Å². The Bertz CT molecular complexity index is 759. The van der Waals surface area contributed by atoms with Crippen LogP contribution in [-0.2, 0) is 10.0 Å². The van der Waals surface area contributed by atoms with Crippen LogP contribution in [-0.4, -0.2) is 36.0 Å². The molecule has 1 unspecified atom stereocenters. The first-order chi connectivity index (χ1) is 10.6. The fourth-order valence-electron chi connectivity index (χ4n) is 2.28. The maximum Gasteiger partial charge on any atom is 0.244 e. The van der Waals surface area contributed by atoms with Gasteiger partial charge in [0.2, 0.25) is 21.9 Å².